The van der Waals surface area contributed by atoms with Gasteiger partial charge in [-0.15, -0.1) is 0 Å². The Hall–Kier alpha value is -4.78. The van der Waals surface area contributed by atoms with Crippen LogP contribution in [0.5, 0.6) is 17.2 Å². The molecule has 7 heteroatoms. The number of hydrogen-bond donors (Lipinski definition) is 2. The van der Waals surface area contributed by atoms with Gasteiger partial charge in [0.2, 0.25) is 5.75 Å². The Kier molecular flexibility index (Phi) is 6.28. The van der Waals surface area contributed by atoms with Crippen LogP contribution in [0.4, 0.5) is 11.4 Å². The zero-order valence-corrected chi connectivity index (χ0v) is 20.2. The van der Waals surface area contributed by atoms with Crippen LogP contribution in [0, 0.1) is 0 Å². The number of benzene rings is 4. The van der Waals surface area contributed by atoms with Crippen molar-refractivity contribution < 1.29 is 19.0 Å². The summed E-state index contributed by atoms with van der Waals surface area (Å²) in [6.07, 6.45) is 1.82. The lowest BCUT2D eigenvalue weighted by atomic mass is 10.0. The van der Waals surface area contributed by atoms with Gasteiger partial charge in [0.05, 0.1) is 32.7 Å². The van der Waals surface area contributed by atoms with Crippen LogP contribution in [0.15, 0.2) is 89.6 Å². The zero-order chi connectivity index (χ0) is 25.1. The standard InChI is InChI=1S/C29H25N3O4/c1-34-24-16-18(17-25(35-2)27(24)36-3)15-23(32-29(33)20-9-5-4-6-10-20)28-30-21-13-7-11-19-12-8-14-22(31-28)26(19)21/h4-17H,1-3H3,(H,30,31)(H,32,33)/b23-15-. The molecule has 4 aromatic rings. The maximum absolute atomic E-state index is 13.2. The zero-order valence-electron chi connectivity index (χ0n) is 20.2. The minimum Gasteiger partial charge on any atom is -0.493 e. The van der Waals surface area contributed by atoms with Crippen molar-refractivity contribution in [1.29, 1.82) is 0 Å². The highest BCUT2D eigenvalue weighted by Gasteiger charge is 2.20. The lowest BCUT2D eigenvalue weighted by molar-refractivity contribution is 0.0968. The first kappa shape index (κ1) is 23.0. The molecule has 7 nitrogen and oxygen atoms in total. The minimum atomic E-state index is -0.254. The van der Waals surface area contributed by atoms with E-state index < -0.39 is 0 Å². The second-order valence-corrected chi connectivity index (χ2v) is 8.10. The second-order valence-electron chi connectivity index (χ2n) is 8.10. The number of nitrogens with one attached hydrogen (secondary N) is 2. The third-order valence-electron chi connectivity index (χ3n) is 5.91. The van der Waals surface area contributed by atoms with Gasteiger partial charge < -0.3 is 24.8 Å². The Balaban J connectivity index is 1.63. The fourth-order valence-corrected chi connectivity index (χ4v) is 4.22. The lowest BCUT2D eigenvalue weighted by Gasteiger charge is -2.21. The van der Waals surface area contributed by atoms with Gasteiger partial charge in [0.1, 0.15) is 0 Å². The maximum atomic E-state index is 13.2. The molecule has 1 amide bonds. The molecule has 36 heavy (non-hydrogen) atoms. The summed E-state index contributed by atoms with van der Waals surface area (Å²) in [6, 6.07) is 24.7. The van der Waals surface area contributed by atoms with E-state index in [0.717, 1.165) is 27.7 Å². The van der Waals surface area contributed by atoms with Gasteiger partial charge in [0, 0.05) is 16.6 Å². The van der Waals surface area contributed by atoms with Crippen LogP contribution in [0.2, 0.25) is 0 Å². The van der Waals surface area contributed by atoms with Crippen LogP contribution < -0.4 is 24.8 Å². The number of aliphatic imine (C=N–C) groups is 1. The van der Waals surface area contributed by atoms with E-state index >= 15 is 0 Å². The first-order valence-electron chi connectivity index (χ1n) is 11.4. The largest absolute Gasteiger partial charge is 0.493 e. The average molecular weight is 480 g/mol. The van der Waals surface area contributed by atoms with Gasteiger partial charge in [0.25, 0.3) is 5.91 Å². The molecule has 1 aliphatic heterocycles. The summed E-state index contributed by atoms with van der Waals surface area (Å²) in [5.74, 6) is 1.76. The van der Waals surface area contributed by atoms with Crippen molar-refractivity contribution in [2.75, 3.05) is 26.6 Å². The van der Waals surface area contributed by atoms with E-state index in [1.807, 2.05) is 72.8 Å². The Morgan fingerprint density at radius 2 is 1.56 bits per heavy atom. The maximum Gasteiger partial charge on any atom is 0.255 e. The van der Waals surface area contributed by atoms with Crippen molar-refractivity contribution in [3.63, 3.8) is 0 Å². The van der Waals surface area contributed by atoms with Gasteiger partial charge in [-0.1, -0.05) is 42.5 Å². The fourth-order valence-electron chi connectivity index (χ4n) is 4.22. The molecule has 0 aliphatic carbocycles. The number of rotatable bonds is 7. The average Bonchev–Trinajstić information content (AvgIpc) is 2.92. The van der Waals surface area contributed by atoms with Crippen molar-refractivity contribution in [1.82, 2.24) is 5.32 Å². The molecule has 0 fully saturated rings. The quantitative estimate of drug-likeness (QED) is 0.351. The summed E-state index contributed by atoms with van der Waals surface area (Å²) < 4.78 is 16.5. The van der Waals surface area contributed by atoms with Crippen LogP contribution >= 0.6 is 0 Å². The van der Waals surface area contributed by atoms with Crippen LogP contribution in [0.3, 0.4) is 0 Å². The van der Waals surface area contributed by atoms with Crippen LogP contribution in [-0.4, -0.2) is 33.1 Å². The molecular formula is C29H25N3O4. The number of carbonyl (C=O) groups excluding carboxylic acids is 1. The van der Waals surface area contributed by atoms with Gasteiger partial charge in [0.15, 0.2) is 17.3 Å². The SMILES string of the molecule is COc1cc(/C=C(\NC(=O)c2ccccc2)C2=Nc3cccc4cccc(c34)N2)cc(OC)c1OC. The first-order valence-corrected chi connectivity index (χ1v) is 11.4. The van der Waals surface area contributed by atoms with Crippen molar-refractivity contribution in [2.24, 2.45) is 4.99 Å². The smallest absolute Gasteiger partial charge is 0.255 e. The van der Waals surface area contributed by atoms with Crippen LogP contribution in [0.1, 0.15) is 15.9 Å². The summed E-state index contributed by atoms with van der Waals surface area (Å²) in [7, 11) is 4.68. The number of hydrogen-bond acceptors (Lipinski definition) is 6. The van der Waals surface area contributed by atoms with Crippen molar-refractivity contribution in [3.8, 4) is 17.2 Å². The Bertz CT molecular complexity index is 1480. The van der Waals surface area contributed by atoms with E-state index in [1.54, 1.807) is 33.5 Å². The number of ether oxygens (including phenoxy) is 3. The monoisotopic (exact) mass is 479 g/mol. The van der Waals surface area contributed by atoms with E-state index in [9.17, 15) is 4.79 Å². The summed E-state index contributed by atoms with van der Waals surface area (Å²) >= 11 is 0. The van der Waals surface area contributed by atoms with Gasteiger partial charge in [-0.3, -0.25) is 4.79 Å². The molecule has 0 unspecified atom stereocenters. The molecule has 0 aromatic heterocycles. The Morgan fingerprint density at radius 3 is 2.22 bits per heavy atom. The molecule has 1 aliphatic rings. The molecule has 0 saturated carbocycles. The van der Waals surface area contributed by atoms with E-state index in [0.29, 0.717) is 34.3 Å². The molecule has 0 bridgehead atoms. The van der Waals surface area contributed by atoms with Gasteiger partial charge in [-0.2, -0.15) is 0 Å². The highest BCUT2D eigenvalue weighted by atomic mass is 16.5. The van der Waals surface area contributed by atoms with Crippen molar-refractivity contribution in [2.45, 2.75) is 0 Å². The number of amides is 1. The molecule has 1 heterocycles. The summed E-state index contributed by atoms with van der Waals surface area (Å²) in [5.41, 5.74) is 3.49. The van der Waals surface area contributed by atoms with Gasteiger partial charge >= 0.3 is 0 Å². The highest BCUT2D eigenvalue weighted by Crippen LogP contribution is 2.39. The van der Waals surface area contributed by atoms with E-state index in [2.05, 4.69) is 10.6 Å². The normalized spacial score (nSPS) is 12.4. The molecule has 0 atom stereocenters. The second kappa shape index (κ2) is 9.84. The predicted octanol–water partition coefficient (Wildman–Crippen LogP) is 5.79. The molecule has 0 saturated heterocycles. The Morgan fingerprint density at radius 1 is 0.861 bits per heavy atom. The van der Waals surface area contributed by atoms with E-state index in [4.69, 9.17) is 19.2 Å². The van der Waals surface area contributed by atoms with E-state index in [-0.39, 0.29) is 5.91 Å². The molecule has 0 radical (unpaired) electrons. The third kappa shape index (κ3) is 4.34. The molecule has 4 aromatic carbocycles. The van der Waals surface area contributed by atoms with Crippen LogP contribution in [0.25, 0.3) is 16.8 Å². The summed E-state index contributed by atoms with van der Waals surface area (Å²) in [4.78, 5) is 18.0. The molecular weight excluding hydrogens is 454 g/mol. The lowest BCUT2D eigenvalue weighted by Crippen LogP contribution is -2.31. The molecule has 0 spiro atoms. The summed E-state index contributed by atoms with van der Waals surface area (Å²) in [5, 5.41) is 8.55. The van der Waals surface area contributed by atoms with Gasteiger partial charge in [-0.25, -0.2) is 4.99 Å². The number of methoxy groups -OCH3 is 3. The fraction of sp³-hybridized carbons (Fsp3) is 0.103. The Labute approximate surface area is 209 Å². The molecule has 5 rings (SSSR count). The highest BCUT2D eigenvalue weighted by molar-refractivity contribution is 6.21. The predicted molar refractivity (Wildman–Crippen MR) is 143 cm³/mol. The number of nitrogens with zero attached hydrogens (tertiary/aromatic N) is 1. The van der Waals surface area contributed by atoms with Crippen molar-refractivity contribution in [3.05, 3.63) is 95.7 Å². The minimum absolute atomic E-state index is 0.254. The third-order valence-corrected chi connectivity index (χ3v) is 5.91. The number of carbonyl (C=O) groups is 1. The van der Waals surface area contributed by atoms with Crippen molar-refractivity contribution >= 4 is 40.0 Å². The number of anilines is 1. The summed E-state index contributed by atoms with van der Waals surface area (Å²) in [6.45, 7) is 0. The topological polar surface area (TPSA) is 81.2 Å². The molecule has 2 N–H and O–H groups in total. The molecule has 180 valence electrons. The number of amidine groups is 1. The van der Waals surface area contributed by atoms with Crippen LogP contribution in [-0.2, 0) is 0 Å². The van der Waals surface area contributed by atoms with E-state index in [1.165, 1.54) is 0 Å². The van der Waals surface area contributed by atoms with Gasteiger partial charge in [-0.05, 0) is 53.4 Å². The first-order chi connectivity index (χ1) is 17.6.